The molecule has 0 saturated heterocycles. The van der Waals surface area contributed by atoms with Crippen molar-refractivity contribution in [2.24, 2.45) is 11.1 Å². The van der Waals surface area contributed by atoms with E-state index in [1.807, 2.05) is 45.0 Å². The van der Waals surface area contributed by atoms with E-state index in [2.05, 4.69) is 18.2 Å². The molecule has 0 aromatic heterocycles. The molecule has 0 amide bonds. The van der Waals surface area contributed by atoms with E-state index in [0.717, 1.165) is 22.1 Å². The summed E-state index contributed by atoms with van der Waals surface area (Å²) in [5.74, 6) is 0.844. The third kappa shape index (κ3) is 3.53. The van der Waals surface area contributed by atoms with Gasteiger partial charge in [-0.25, -0.2) is 0 Å². The van der Waals surface area contributed by atoms with Crippen molar-refractivity contribution in [2.45, 2.75) is 33.2 Å². The SMILES string of the molecule is CC(N)c1ccc2ccccc2c1OCCC(C)(C)C#N. The minimum absolute atomic E-state index is 0.0893. The van der Waals surface area contributed by atoms with Gasteiger partial charge in [0.25, 0.3) is 0 Å². The number of benzene rings is 2. The maximum Gasteiger partial charge on any atom is 0.131 e. The highest BCUT2D eigenvalue weighted by Gasteiger charge is 2.18. The largest absolute Gasteiger partial charge is 0.493 e. The van der Waals surface area contributed by atoms with Gasteiger partial charge in [0.2, 0.25) is 0 Å². The number of rotatable bonds is 5. The molecule has 110 valence electrons. The van der Waals surface area contributed by atoms with Crippen LogP contribution in [0.5, 0.6) is 5.75 Å². The lowest BCUT2D eigenvalue weighted by Gasteiger charge is -2.19. The molecule has 0 bridgehead atoms. The van der Waals surface area contributed by atoms with Gasteiger partial charge in [0, 0.05) is 17.0 Å². The average Bonchev–Trinajstić information content (AvgIpc) is 2.47. The first kappa shape index (κ1) is 15.3. The van der Waals surface area contributed by atoms with Gasteiger partial charge in [-0.15, -0.1) is 0 Å². The summed E-state index contributed by atoms with van der Waals surface area (Å²) in [4.78, 5) is 0. The summed E-state index contributed by atoms with van der Waals surface area (Å²) < 4.78 is 6.02. The van der Waals surface area contributed by atoms with Crippen LogP contribution in [0, 0.1) is 16.7 Å². The highest BCUT2D eigenvalue weighted by molar-refractivity contribution is 5.89. The van der Waals surface area contributed by atoms with E-state index in [4.69, 9.17) is 15.7 Å². The first-order valence-corrected chi connectivity index (χ1v) is 7.26. The number of hydrogen-bond acceptors (Lipinski definition) is 3. The number of fused-ring (bicyclic) bond motifs is 1. The van der Waals surface area contributed by atoms with Crippen LogP contribution in [0.25, 0.3) is 10.8 Å². The van der Waals surface area contributed by atoms with E-state index in [-0.39, 0.29) is 11.5 Å². The Morgan fingerprint density at radius 1 is 1.24 bits per heavy atom. The van der Waals surface area contributed by atoms with Gasteiger partial charge in [-0.1, -0.05) is 36.4 Å². The van der Waals surface area contributed by atoms with Crippen LogP contribution >= 0.6 is 0 Å². The van der Waals surface area contributed by atoms with Crippen molar-refractivity contribution in [3.63, 3.8) is 0 Å². The molecule has 21 heavy (non-hydrogen) atoms. The lowest BCUT2D eigenvalue weighted by Crippen LogP contribution is -2.15. The molecule has 0 aliphatic heterocycles. The zero-order chi connectivity index (χ0) is 15.5. The molecule has 0 saturated carbocycles. The van der Waals surface area contributed by atoms with Crippen molar-refractivity contribution < 1.29 is 4.74 Å². The standard InChI is InChI=1S/C18H22N2O/c1-13(20)15-9-8-14-6-4-5-7-16(14)17(15)21-11-10-18(2,3)12-19/h4-9,13H,10-11,20H2,1-3H3. The Morgan fingerprint density at radius 3 is 2.62 bits per heavy atom. The third-order valence-electron chi connectivity index (χ3n) is 3.68. The maximum absolute atomic E-state index is 9.08. The molecule has 3 nitrogen and oxygen atoms in total. The Balaban J connectivity index is 2.32. The number of nitrogens with two attached hydrogens (primary N) is 1. The van der Waals surface area contributed by atoms with Crippen LogP contribution in [0.1, 0.15) is 38.8 Å². The van der Waals surface area contributed by atoms with E-state index >= 15 is 0 Å². The Bertz CT molecular complexity index is 668. The Kier molecular flexibility index (Phi) is 4.50. The summed E-state index contributed by atoms with van der Waals surface area (Å²) in [6.45, 7) is 6.31. The number of ether oxygens (including phenoxy) is 1. The van der Waals surface area contributed by atoms with Crippen LogP contribution in [0.3, 0.4) is 0 Å². The molecular weight excluding hydrogens is 260 g/mol. The summed E-state index contributed by atoms with van der Waals surface area (Å²) in [5.41, 5.74) is 6.68. The van der Waals surface area contributed by atoms with Crippen molar-refractivity contribution in [2.75, 3.05) is 6.61 Å². The topological polar surface area (TPSA) is 59.0 Å². The van der Waals surface area contributed by atoms with E-state index in [1.165, 1.54) is 0 Å². The molecule has 0 heterocycles. The summed E-state index contributed by atoms with van der Waals surface area (Å²) in [7, 11) is 0. The second kappa shape index (κ2) is 6.15. The number of nitriles is 1. The van der Waals surface area contributed by atoms with E-state index in [9.17, 15) is 0 Å². The minimum atomic E-state index is -0.376. The predicted octanol–water partition coefficient (Wildman–Crippen LogP) is 4.18. The molecule has 2 aromatic rings. The van der Waals surface area contributed by atoms with Crippen molar-refractivity contribution in [1.82, 2.24) is 0 Å². The Hall–Kier alpha value is -2.05. The molecule has 1 atom stereocenters. The molecule has 3 heteroatoms. The third-order valence-corrected chi connectivity index (χ3v) is 3.68. The molecule has 0 spiro atoms. The van der Waals surface area contributed by atoms with Gasteiger partial charge < -0.3 is 10.5 Å². The molecule has 0 radical (unpaired) electrons. The monoisotopic (exact) mass is 282 g/mol. The normalized spacial score (nSPS) is 12.9. The van der Waals surface area contributed by atoms with Gasteiger partial charge in [0.05, 0.1) is 18.1 Å². The van der Waals surface area contributed by atoms with Crippen LogP contribution in [-0.4, -0.2) is 6.61 Å². The van der Waals surface area contributed by atoms with Gasteiger partial charge in [-0.3, -0.25) is 0 Å². The van der Waals surface area contributed by atoms with Crippen LogP contribution in [-0.2, 0) is 0 Å². The smallest absolute Gasteiger partial charge is 0.131 e. The van der Waals surface area contributed by atoms with Crippen molar-refractivity contribution >= 4 is 10.8 Å². The number of hydrogen-bond donors (Lipinski definition) is 1. The summed E-state index contributed by atoms with van der Waals surface area (Å²) in [6.07, 6.45) is 0.686. The van der Waals surface area contributed by atoms with Crippen LogP contribution in [0.2, 0.25) is 0 Å². The first-order valence-electron chi connectivity index (χ1n) is 7.26. The lowest BCUT2D eigenvalue weighted by atomic mass is 9.92. The minimum Gasteiger partial charge on any atom is -0.493 e. The first-order chi connectivity index (χ1) is 9.94. The molecule has 2 rings (SSSR count). The summed E-state index contributed by atoms with van der Waals surface area (Å²) in [5, 5.41) is 11.3. The summed E-state index contributed by atoms with van der Waals surface area (Å²) in [6, 6.07) is 14.4. The van der Waals surface area contributed by atoms with Crippen molar-refractivity contribution in [3.05, 3.63) is 42.0 Å². The fourth-order valence-electron chi connectivity index (χ4n) is 2.24. The van der Waals surface area contributed by atoms with Gasteiger partial charge in [-0.2, -0.15) is 5.26 Å². The van der Waals surface area contributed by atoms with Crippen molar-refractivity contribution in [1.29, 1.82) is 5.26 Å². The second-order valence-corrected chi connectivity index (χ2v) is 6.09. The number of nitrogens with zero attached hydrogens (tertiary/aromatic N) is 1. The molecule has 1 unspecified atom stereocenters. The maximum atomic E-state index is 9.08. The zero-order valence-electron chi connectivity index (χ0n) is 12.9. The van der Waals surface area contributed by atoms with Gasteiger partial charge in [0.1, 0.15) is 5.75 Å². The molecule has 2 N–H and O–H groups in total. The average molecular weight is 282 g/mol. The molecule has 0 fully saturated rings. The van der Waals surface area contributed by atoms with Crippen LogP contribution in [0.15, 0.2) is 36.4 Å². The van der Waals surface area contributed by atoms with Crippen molar-refractivity contribution in [3.8, 4) is 11.8 Å². The quantitative estimate of drug-likeness (QED) is 0.895. The zero-order valence-corrected chi connectivity index (χ0v) is 12.9. The second-order valence-electron chi connectivity index (χ2n) is 6.09. The Labute approximate surface area is 126 Å². The summed E-state index contributed by atoms with van der Waals surface area (Å²) >= 11 is 0. The van der Waals surface area contributed by atoms with Crippen LogP contribution < -0.4 is 10.5 Å². The van der Waals surface area contributed by atoms with Gasteiger partial charge in [0.15, 0.2) is 0 Å². The molecule has 2 aromatic carbocycles. The van der Waals surface area contributed by atoms with Gasteiger partial charge >= 0.3 is 0 Å². The fourth-order valence-corrected chi connectivity index (χ4v) is 2.24. The molecule has 0 aliphatic carbocycles. The van der Waals surface area contributed by atoms with E-state index in [1.54, 1.807) is 0 Å². The highest BCUT2D eigenvalue weighted by Crippen LogP contribution is 2.33. The van der Waals surface area contributed by atoms with Gasteiger partial charge in [-0.05, 0) is 32.6 Å². The predicted molar refractivity (Wildman–Crippen MR) is 86.1 cm³/mol. The highest BCUT2D eigenvalue weighted by atomic mass is 16.5. The molecule has 0 aliphatic rings. The lowest BCUT2D eigenvalue weighted by molar-refractivity contribution is 0.264. The van der Waals surface area contributed by atoms with E-state index in [0.29, 0.717) is 13.0 Å². The van der Waals surface area contributed by atoms with Crippen LogP contribution in [0.4, 0.5) is 0 Å². The van der Waals surface area contributed by atoms with E-state index < -0.39 is 0 Å². The molecular formula is C18H22N2O. The fraction of sp³-hybridized carbons (Fsp3) is 0.389. The Morgan fingerprint density at radius 2 is 1.95 bits per heavy atom.